The van der Waals surface area contributed by atoms with Crippen LogP contribution < -0.4 is 5.32 Å². The minimum Gasteiger partial charge on any atom is -0.448 e. The first-order valence-electron chi connectivity index (χ1n) is 7.06. The summed E-state index contributed by atoms with van der Waals surface area (Å²) in [5.74, 6) is -0.981. The molecule has 1 atom stereocenters. The number of amides is 1. The molecule has 1 amide bonds. The Morgan fingerprint density at radius 3 is 2.83 bits per heavy atom. The van der Waals surface area contributed by atoms with Crippen LogP contribution in [0.4, 0.5) is 0 Å². The van der Waals surface area contributed by atoms with E-state index in [1.807, 2.05) is 25.1 Å². The van der Waals surface area contributed by atoms with E-state index in [1.54, 1.807) is 6.07 Å². The lowest BCUT2D eigenvalue weighted by molar-refractivity contribution is -0.129. The fourth-order valence-corrected chi connectivity index (χ4v) is 2.67. The predicted octanol–water partition coefficient (Wildman–Crippen LogP) is 2.62. The maximum Gasteiger partial charge on any atom is 0.352 e. The summed E-state index contributed by atoms with van der Waals surface area (Å²) in [6.07, 6.45) is -0.342. The quantitative estimate of drug-likeness (QED) is 0.807. The molecule has 0 aliphatic heterocycles. The Kier molecular flexibility index (Phi) is 6.06. The van der Waals surface area contributed by atoms with Gasteiger partial charge in [0.15, 0.2) is 11.0 Å². The number of rotatable bonds is 6. The third kappa shape index (κ3) is 4.49. The Bertz CT molecular complexity index is 705. The molecule has 23 heavy (non-hydrogen) atoms. The summed E-state index contributed by atoms with van der Waals surface area (Å²) in [4.78, 5) is 24.4. The van der Waals surface area contributed by atoms with Gasteiger partial charge in [0.05, 0.1) is 5.69 Å². The van der Waals surface area contributed by atoms with Gasteiger partial charge in [-0.1, -0.05) is 41.2 Å². The number of aryl methyl sites for hydroxylation is 1. The highest BCUT2D eigenvalue weighted by Gasteiger charge is 2.22. The van der Waals surface area contributed by atoms with Crippen molar-refractivity contribution >= 4 is 35.0 Å². The number of halogens is 1. The van der Waals surface area contributed by atoms with E-state index in [9.17, 15) is 9.59 Å². The van der Waals surface area contributed by atoms with Crippen molar-refractivity contribution in [2.45, 2.75) is 32.9 Å². The minimum absolute atomic E-state index is 0.267. The predicted molar refractivity (Wildman–Crippen MR) is 87.5 cm³/mol. The molecule has 0 aliphatic rings. The molecule has 0 saturated heterocycles. The molecule has 2 aromatic rings. The van der Waals surface area contributed by atoms with Crippen molar-refractivity contribution in [2.75, 3.05) is 0 Å². The van der Waals surface area contributed by atoms with Crippen LogP contribution in [0.1, 0.15) is 34.8 Å². The molecule has 0 spiro atoms. The highest BCUT2D eigenvalue weighted by Crippen LogP contribution is 2.15. The first-order chi connectivity index (χ1) is 11.0. The number of ether oxygens (including phenoxy) is 1. The molecule has 2 rings (SSSR count). The molecule has 0 unspecified atom stereocenters. The van der Waals surface area contributed by atoms with Crippen LogP contribution in [0.2, 0.25) is 5.02 Å². The summed E-state index contributed by atoms with van der Waals surface area (Å²) in [6.45, 7) is 3.65. The van der Waals surface area contributed by atoms with Gasteiger partial charge in [-0.3, -0.25) is 4.79 Å². The average Bonchev–Trinajstić information content (AvgIpc) is 3.02. The zero-order chi connectivity index (χ0) is 16.8. The summed E-state index contributed by atoms with van der Waals surface area (Å²) < 4.78 is 8.89. The molecule has 1 N–H and O–H groups in total. The summed E-state index contributed by atoms with van der Waals surface area (Å²) in [6, 6.07) is 7.21. The second kappa shape index (κ2) is 8.03. The largest absolute Gasteiger partial charge is 0.448 e. The van der Waals surface area contributed by atoms with Crippen LogP contribution in [0.3, 0.4) is 0 Å². The minimum atomic E-state index is -0.920. The van der Waals surface area contributed by atoms with Crippen LogP contribution in [0.25, 0.3) is 0 Å². The number of carbonyl (C=O) groups excluding carboxylic acids is 2. The molecular formula is C15H16ClN3O3S. The number of hydrogen-bond acceptors (Lipinski definition) is 6. The normalized spacial score (nSPS) is 11.8. The summed E-state index contributed by atoms with van der Waals surface area (Å²) in [7, 11) is 0. The lowest BCUT2D eigenvalue weighted by Gasteiger charge is -2.13. The van der Waals surface area contributed by atoms with Crippen LogP contribution in [-0.4, -0.2) is 27.6 Å². The van der Waals surface area contributed by atoms with E-state index >= 15 is 0 Å². The number of aromatic nitrogens is 2. The standard InChI is InChI=1S/C15H16ClN3O3S/c1-3-12-13(23-19-18-12)15(21)22-9(2)14(20)17-8-10-6-4-5-7-11(10)16/h4-7,9H,3,8H2,1-2H3,(H,17,20)/t9-/m0/s1. The van der Waals surface area contributed by atoms with Crippen LogP contribution in [0.15, 0.2) is 24.3 Å². The van der Waals surface area contributed by atoms with Crippen molar-refractivity contribution in [3.63, 3.8) is 0 Å². The molecule has 0 saturated carbocycles. The van der Waals surface area contributed by atoms with Gasteiger partial charge in [0.25, 0.3) is 5.91 Å². The number of benzene rings is 1. The third-order valence-electron chi connectivity index (χ3n) is 3.14. The highest BCUT2D eigenvalue weighted by molar-refractivity contribution is 7.07. The summed E-state index contributed by atoms with van der Waals surface area (Å²) >= 11 is 6.99. The van der Waals surface area contributed by atoms with E-state index in [2.05, 4.69) is 14.9 Å². The lowest BCUT2D eigenvalue weighted by atomic mass is 10.2. The van der Waals surface area contributed by atoms with E-state index in [-0.39, 0.29) is 6.54 Å². The smallest absolute Gasteiger partial charge is 0.352 e. The highest BCUT2D eigenvalue weighted by atomic mass is 35.5. The van der Waals surface area contributed by atoms with Crippen LogP contribution in [0, 0.1) is 0 Å². The van der Waals surface area contributed by atoms with E-state index in [0.29, 0.717) is 22.0 Å². The monoisotopic (exact) mass is 353 g/mol. The maximum absolute atomic E-state index is 12.0. The van der Waals surface area contributed by atoms with Gasteiger partial charge in [0.1, 0.15) is 0 Å². The van der Waals surface area contributed by atoms with Gasteiger partial charge in [-0.05, 0) is 36.5 Å². The Hall–Kier alpha value is -1.99. The van der Waals surface area contributed by atoms with Crippen LogP contribution in [0.5, 0.6) is 0 Å². The molecular weight excluding hydrogens is 338 g/mol. The van der Waals surface area contributed by atoms with E-state index in [4.69, 9.17) is 16.3 Å². The fourth-order valence-electron chi connectivity index (χ4n) is 1.83. The SMILES string of the molecule is CCc1nnsc1C(=O)O[C@@H](C)C(=O)NCc1ccccc1Cl. The molecule has 6 nitrogen and oxygen atoms in total. The Morgan fingerprint density at radius 2 is 2.13 bits per heavy atom. The second-order valence-electron chi connectivity index (χ2n) is 4.76. The maximum atomic E-state index is 12.0. The van der Waals surface area contributed by atoms with Gasteiger partial charge in [-0.2, -0.15) is 0 Å². The molecule has 0 bridgehead atoms. The fraction of sp³-hybridized carbons (Fsp3) is 0.333. The third-order valence-corrected chi connectivity index (χ3v) is 4.26. The van der Waals surface area contributed by atoms with Crippen molar-refractivity contribution in [1.82, 2.24) is 14.9 Å². The Morgan fingerprint density at radius 1 is 1.39 bits per heavy atom. The molecule has 1 aromatic carbocycles. The zero-order valence-electron chi connectivity index (χ0n) is 12.7. The number of carbonyl (C=O) groups is 2. The van der Waals surface area contributed by atoms with Gasteiger partial charge in [-0.25, -0.2) is 4.79 Å². The van der Waals surface area contributed by atoms with Gasteiger partial charge in [0.2, 0.25) is 0 Å². The van der Waals surface area contributed by atoms with Gasteiger partial charge >= 0.3 is 5.97 Å². The average molecular weight is 354 g/mol. The summed E-state index contributed by atoms with van der Waals surface area (Å²) in [5.41, 5.74) is 1.37. The topological polar surface area (TPSA) is 81.2 Å². The number of nitrogens with one attached hydrogen (secondary N) is 1. The van der Waals surface area contributed by atoms with E-state index in [1.165, 1.54) is 6.92 Å². The number of esters is 1. The molecule has 1 heterocycles. The molecule has 1 aromatic heterocycles. The van der Waals surface area contributed by atoms with Gasteiger partial charge in [-0.15, -0.1) is 5.10 Å². The summed E-state index contributed by atoms with van der Waals surface area (Å²) in [5, 5.41) is 7.11. The first kappa shape index (κ1) is 17.4. The first-order valence-corrected chi connectivity index (χ1v) is 8.21. The van der Waals surface area contributed by atoms with Crippen molar-refractivity contribution in [3.05, 3.63) is 45.4 Å². The Balaban J connectivity index is 1.90. The second-order valence-corrected chi connectivity index (χ2v) is 5.92. The number of hydrogen-bond donors (Lipinski definition) is 1. The van der Waals surface area contributed by atoms with Crippen molar-refractivity contribution in [3.8, 4) is 0 Å². The van der Waals surface area contributed by atoms with Crippen molar-refractivity contribution in [1.29, 1.82) is 0 Å². The van der Waals surface area contributed by atoms with E-state index < -0.39 is 18.0 Å². The van der Waals surface area contributed by atoms with Crippen molar-refractivity contribution < 1.29 is 14.3 Å². The zero-order valence-corrected chi connectivity index (χ0v) is 14.3. The Labute approximate surface area is 143 Å². The number of nitrogens with zero attached hydrogens (tertiary/aromatic N) is 2. The van der Waals surface area contributed by atoms with Gasteiger partial charge in [0, 0.05) is 11.6 Å². The lowest BCUT2D eigenvalue weighted by Crippen LogP contribution is -2.35. The molecule has 8 heteroatoms. The van der Waals surface area contributed by atoms with Crippen molar-refractivity contribution in [2.24, 2.45) is 0 Å². The molecule has 0 aliphatic carbocycles. The van der Waals surface area contributed by atoms with E-state index in [0.717, 1.165) is 17.1 Å². The molecule has 122 valence electrons. The van der Waals surface area contributed by atoms with Crippen LogP contribution >= 0.6 is 23.1 Å². The molecule has 0 fully saturated rings. The van der Waals surface area contributed by atoms with Gasteiger partial charge < -0.3 is 10.1 Å². The molecule has 0 radical (unpaired) electrons. The van der Waals surface area contributed by atoms with Crippen LogP contribution in [-0.2, 0) is 22.5 Å².